The van der Waals surface area contributed by atoms with Crippen LogP contribution in [-0.2, 0) is 21.4 Å². The zero-order valence-electron chi connectivity index (χ0n) is 28.8. The number of ether oxygens (including phenoxy) is 1. The van der Waals surface area contributed by atoms with Gasteiger partial charge in [-0.15, -0.1) is 13.2 Å². The van der Waals surface area contributed by atoms with E-state index in [1.807, 2.05) is 0 Å². The van der Waals surface area contributed by atoms with Crippen LogP contribution in [0, 0.1) is 39.4 Å². The summed E-state index contributed by atoms with van der Waals surface area (Å²) in [6, 6.07) is 5.13. The van der Waals surface area contributed by atoms with Crippen LogP contribution in [-0.4, -0.2) is 59.6 Å². The number of halogens is 3. The lowest BCUT2D eigenvalue weighted by atomic mass is 9.32. The Morgan fingerprint density at radius 1 is 0.939 bits per heavy atom. The molecule has 270 valence electrons. The number of benzene rings is 1. The number of rotatable bonds is 8. The largest absolute Gasteiger partial charge is 0.573 e. The lowest BCUT2D eigenvalue weighted by molar-refractivity contribution is -0.274. The molecular formula is C38H50F3NO6S. The quantitative estimate of drug-likeness (QED) is 0.280. The molecule has 0 radical (unpaired) electrons. The van der Waals surface area contributed by atoms with E-state index in [4.69, 9.17) is 0 Å². The Morgan fingerprint density at radius 3 is 2.22 bits per heavy atom. The van der Waals surface area contributed by atoms with Gasteiger partial charge in [-0.1, -0.05) is 63.5 Å². The molecule has 1 aromatic rings. The van der Waals surface area contributed by atoms with Crippen LogP contribution in [0.3, 0.4) is 0 Å². The molecule has 0 aromatic heterocycles. The van der Waals surface area contributed by atoms with Crippen molar-refractivity contribution in [1.82, 2.24) is 4.31 Å². The Hall–Kier alpha value is -2.21. The summed E-state index contributed by atoms with van der Waals surface area (Å²) in [4.78, 5) is 14.7. The summed E-state index contributed by atoms with van der Waals surface area (Å²) in [6.45, 7) is 4.16. The molecule has 7 nitrogen and oxygen atoms in total. The zero-order valence-corrected chi connectivity index (χ0v) is 29.6. The highest BCUT2D eigenvalue weighted by molar-refractivity contribution is 7.88. The van der Waals surface area contributed by atoms with Crippen LogP contribution >= 0.6 is 0 Å². The second-order valence-electron chi connectivity index (χ2n) is 16.7. The molecule has 4 saturated carbocycles. The molecule has 8 rings (SSSR count). The van der Waals surface area contributed by atoms with E-state index in [-0.39, 0.29) is 42.0 Å². The summed E-state index contributed by atoms with van der Waals surface area (Å²) in [6.07, 6.45) is 12.3. The fraction of sp³-hybridized carbons (Fsp3) is 0.711. The van der Waals surface area contributed by atoms with Gasteiger partial charge in [0.25, 0.3) is 0 Å². The maximum absolute atomic E-state index is 14.7. The van der Waals surface area contributed by atoms with Crippen molar-refractivity contribution in [3.63, 3.8) is 0 Å². The van der Waals surface area contributed by atoms with Crippen molar-refractivity contribution in [3.05, 3.63) is 53.6 Å². The van der Waals surface area contributed by atoms with Crippen LogP contribution < -0.4 is 4.74 Å². The summed E-state index contributed by atoms with van der Waals surface area (Å²) in [7, 11) is -3.84. The average molecular weight is 706 g/mol. The molecule has 0 heterocycles. The van der Waals surface area contributed by atoms with Crippen LogP contribution in [0.1, 0.15) is 96.5 Å². The first kappa shape index (κ1) is 35.2. The van der Waals surface area contributed by atoms with E-state index in [1.54, 1.807) is 0 Å². The molecular weight excluding hydrogens is 655 g/mol. The molecule has 11 heteroatoms. The Bertz CT molecular complexity index is 1650. The smallest absolute Gasteiger partial charge is 0.406 e. The summed E-state index contributed by atoms with van der Waals surface area (Å²) in [5, 5.41) is 23.7. The first-order valence-corrected chi connectivity index (χ1v) is 19.9. The number of carbonyl (C=O) groups is 1. The molecule has 1 aromatic carbocycles. The number of allylic oxidation sites excluding steroid dienone is 4. The number of fused-ring (bicyclic) bond motifs is 1. The van der Waals surface area contributed by atoms with Crippen LogP contribution in [0.5, 0.6) is 5.75 Å². The van der Waals surface area contributed by atoms with Crippen molar-refractivity contribution >= 4 is 15.8 Å². The number of ketones is 1. The minimum Gasteiger partial charge on any atom is -0.406 e. The van der Waals surface area contributed by atoms with Crippen LogP contribution in [0.4, 0.5) is 13.2 Å². The molecule has 2 spiro atoms. The standard InChI is InChI=1S/C38H50F3NO6S/c1-33-16-13-27(43)21-35(33)19-20-37(29(22-35)32(44)26-7-5-4-6-8-26)30(33)14-17-34(2)31(37)15-18-36(34,45)24-42(49(3,46)47)23-25-9-11-28(12-10-25)48-38(39,40)41/h9-12,19-20,22,26-27,30-31,43,45H,4-8,13-18,21,23-24H2,1-3H3. The summed E-state index contributed by atoms with van der Waals surface area (Å²) in [5.74, 6) is -0.130. The fourth-order valence-corrected chi connectivity index (χ4v) is 12.6. The second kappa shape index (κ2) is 11.7. The maximum Gasteiger partial charge on any atom is 0.573 e. The Labute approximate surface area is 288 Å². The van der Waals surface area contributed by atoms with Gasteiger partial charge in [0.2, 0.25) is 10.0 Å². The summed E-state index contributed by atoms with van der Waals surface area (Å²) >= 11 is 0. The SMILES string of the molecule is CC12CCC(O)CC13C=CC1(C(C(=O)C4CCCCC4)=C3)C2CCC2(C)C1CCC2(O)CN(Cc1ccc(OC(F)(F)F)cc1)S(C)(=O)=O. The number of hydrogen-bond acceptors (Lipinski definition) is 6. The lowest BCUT2D eigenvalue weighted by Gasteiger charge is -2.71. The third-order valence-electron chi connectivity index (χ3n) is 14.4. The van der Waals surface area contributed by atoms with E-state index >= 15 is 0 Å². The monoisotopic (exact) mass is 705 g/mol. The number of alkyl halides is 3. The van der Waals surface area contributed by atoms with Gasteiger partial charge in [0, 0.05) is 40.8 Å². The number of hydrogen-bond donors (Lipinski definition) is 2. The van der Waals surface area contributed by atoms with Crippen LogP contribution in [0.2, 0.25) is 0 Å². The van der Waals surface area contributed by atoms with Crippen molar-refractivity contribution in [3.8, 4) is 5.75 Å². The molecule has 0 aliphatic heterocycles. The minimum atomic E-state index is -4.84. The zero-order chi connectivity index (χ0) is 35.3. The van der Waals surface area contributed by atoms with Crippen LogP contribution in [0.25, 0.3) is 0 Å². The van der Waals surface area contributed by atoms with Gasteiger partial charge in [-0.3, -0.25) is 4.79 Å². The molecule has 2 N–H and O–H groups in total. The first-order chi connectivity index (χ1) is 22.9. The van der Waals surface area contributed by atoms with Crippen molar-refractivity contribution in [2.75, 3.05) is 12.8 Å². The van der Waals surface area contributed by atoms with E-state index in [0.717, 1.165) is 75.3 Å². The molecule has 7 aliphatic rings. The van der Waals surface area contributed by atoms with Gasteiger partial charge >= 0.3 is 6.36 Å². The Balaban J connectivity index is 1.24. The maximum atomic E-state index is 14.7. The second-order valence-corrected chi connectivity index (χ2v) is 18.7. The van der Waals surface area contributed by atoms with Gasteiger partial charge in [-0.25, -0.2) is 8.42 Å². The Morgan fingerprint density at radius 2 is 1.57 bits per heavy atom. The van der Waals surface area contributed by atoms with Crippen LogP contribution in [0.15, 0.2) is 48.1 Å². The van der Waals surface area contributed by atoms with Crippen molar-refractivity contribution in [1.29, 1.82) is 0 Å². The number of nitrogens with zero attached hydrogens (tertiary/aromatic N) is 1. The molecule has 49 heavy (non-hydrogen) atoms. The third-order valence-corrected chi connectivity index (χ3v) is 15.6. The van der Waals surface area contributed by atoms with E-state index in [1.165, 1.54) is 16.4 Å². The normalized spacial score (nSPS) is 40.4. The predicted octanol–water partition coefficient (Wildman–Crippen LogP) is 7.09. The van der Waals surface area contributed by atoms with Gasteiger partial charge in [0.1, 0.15) is 5.75 Å². The molecule has 0 amide bonds. The molecule has 2 bridgehead atoms. The van der Waals surface area contributed by atoms with Gasteiger partial charge < -0.3 is 14.9 Å². The molecule has 4 fully saturated rings. The van der Waals surface area contributed by atoms with E-state index < -0.39 is 50.1 Å². The minimum absolute atomic E-state index is 0.0268. The predicted molar refractivity (Wildman–Crippen MR) is 179 cm³/mol. The van der Waals surface area contributed by atoms with Gasteiger partial charge in [0.15, 0.2) is 5.78 Å². The first-order valence-electron chi connectivity index (χ1n) is 18.0. The number of Topliss-reactive ketones (excluding diaryl/α,β-unsaturated/α-hetero) is 1. The van der Waals surface area contributed by atoms with Crippen molar-refractivity contribution in [2.45, 2.75) is 116 Å². The topological polar surface area (TPSA) is 104 Å². The molecule has 8 unspecified atom stereocenters. The summed E-state index contributed by atoms with van der Waals surface area (Å²) < 4.78 is 69.8. The van der Waals surface area contributed by atoms with Crippen molar-refractivity contribution in [2.24, 2.45) is 39.4 Å². The fourth-order valence-electron chi connectivity index (χ4n) is 11.8. The van der Waals surface area contributed by atoms with E-state index in [9.17, 15) is 36.6 Å². The molecule has 7 aliphatic carbocycles. The number of sulfonamides is 1. The highest BCUT2D eigenvalue weighted by Gasteiger charge is 2.74. The number of carbonyl (C=O) groups excluding carboxylic acids is 1. The molecule has 0 saturated heterocycles. The van der Waals surface area contributed by atoms with E-state index in [2.05, 4.69) is 36.8 Å². The summed E-state index contributed by atoms with van der Waals surface area (Å²) in [5.41, 5.74) is -1.90. The van der Waals surface area contributed by atoms with Crippen molar-refractivity contribution < 1.29 is 41.3 Å². The molecule has 8 atom stereocenters. The highest BCUT2D eigenvalue weighted by atomic mass is 32.2. The van der Waals surface area contributed by atoms with Gasteiger partial charge in [-0.05, 0) is 92.7 Å². The third kappa shape index (κ3) is 5.46. The lowest BCUT2D eigenvalue weighted by Crippen LogP contribution is -2.67. The number of aliphatic hydroxyl groups excluding tert-OH is 1. The number of aliphatic hydroxyl groups is 2. The van der Waals surface area contributed by atoms with Gasteiger partial charge in [-0.2, -0.15) is 4.31 Å². The highest BCUT2D eigenvalue weighted by Crippen LogP contribution is 2.78. The van der Waals surface area contributed by atoms with E-state index in [0.29, 0.717) is 31.2 Å². The Kier molecular flexibility index (Phi) is 8.37. The van der Waals surface area contributed by atoms with Gasteiger partial charge in [0.05, 0.1) is 18.0 Å². The average Bonchev–Trinajstić information content (AvgIpc) is 3.30.